The normalized spacial score (nSPS) is 17.7. The molecule has 5 nitrogen and oxygen atoms in total. The number of aliphatic carboxylic acids is 1. The molecule has 19 heavy (non-hydrogen) atoms. The summed E-state index contributed by atoms with van der Waals surface area (Å²) in [7, 11) is 0. The third kappa shape index (κ3) is 4.56. The predicted molar refractivity (Wildman–Crippen MR) is 74.0 cm³/mol. The van der Waals surface area contributed by atoms with E-state index in [1.54, 1.807) is 0 Å². The first-order valence-electron chi connectivity index (χ1n) is 6.13. The number of unbranched alkanes of at least 4 members (excludes halogenated alkanes) is 1. The summed E-state index contributed by atoms with van der Waals surface area (Å²) in [5, 5.41) is 24.6. The summed E-state index contributed by atoms with van der Waals surface area (Å²) >= 11 is 0. The summed E-state index contributed by atoms with van der Waals surface area (Å²) in [6.07, 6.45) is 7.06. The van der Waals surface area contributed by atoms with Crippen molar-refractivity contribution in [3.63, 3.8) is 0 Å². The lowest BCUT2D eigenvalue weighted by atomic mass is 10.0. The molecule has 0 bridgehead atoms. The Labute approximate surface area is 112 Å². The minimum atomic E-state index is -0.930. The monoisotopic (exact) mass is 262 g/mol. The maximum atomic E-state index is 10.7. The van der Waals surface area contributed by atoms with E-state index in [2.05, 4.69) is 17.4 Å². The minimum Gasteiger partial charge on any atom is -0.507 e. The van der Waals surface area contributed by atoms with Gasteiger partial charge < -0.3 is 15.6 Å². The van der Waals surface area contributed by atoms with Crippen molar-refractivity contribution in [2.75, 3.05) is 0 Å². The fourth-order valence-electron chi connectivity index (χ4n) is 1.95. The molecule has 5 heteroatoms. The molecule has 0 spiro atoms. The molecule has 0 heterocycles. The Morgan fingerprint density at radius 1 is 1.63 bits per heavy atom. The van der Waals surface area contributed by atoms with Gasteiger partial charge in [0.1, 0.15) is 12.3 Å². The zero-order valence-electron chi connectivity index (χ0n) is 10.7. The van der Waals surface area contributed by atoms with Gasteiger partial charge in [-0.05, 0) is 26.0 Å². The van der Waals surface area contributed by atoms with E-state index in [0.717, 1.165) is 25.5 Å². The first-order chi connectivity index (χ1) is 9.13. The highest BCUT2D eigenvalue weighted by Crippen LogP contribution is 2.38. The molecule has 1 rings (SSSR count). The van der Waals surface area contributed by atoms with Crippen LogP contribution in [0.15, 0.2) is 34.2 Å². The van der Waals surface area contributed by atoms with Crippen molar-refractivity contribution in [3.05, 3.63) is 29.2 Å². The minimum absolute atomic E-state index is 0.119. The average molecular weight is 262 g/mol. The Morgan fingerprint density at radius 2 is 2.37 bits per heavy atom. The van der Waals surface area contributed by atoms with Crippen LogP contribution in [0.4, 0.5) is 0 Å². The van der Waals surface area contributed by atoms with Crippen LogP contribution in [0, 0.1) is 11.3 Å². The van der Waals surface area contributed by atoms with Crippen LogP contribution in [-0.4, -0.2) is 35.2 Å². The molecule has 0 radical (unpaired) electrons. The summed E-state index contributed by atoms with van der Waals surface area (Å²) in [4.78, 5) is 14.3. The number of hydrogen-bond donors (Lipinski definition) is 3. The van der Waals surface area contributed by atoms with Gasteiger partial charge in [-0.15, -0.1) is 0 Å². The Bertz CT molecular complexity index is 459. The lowest BCUT2D eigenvalue weighted by molar-refractivity contribution is -0.138. The van der Waals surface area contributed by atoms with Gasteiger partial charge in [0.15, 0.2) is 0 Å². The Kier molecular flexibility index (Phi) is 5.76. The van der Waals surface area contributed by atoms with Gasteiger partial charge in [0, 0.05) is 17.7 Å². The Morgan fingerprint density at radius 3 is 2.89 bits per heavy atom. The van der Waals surface area contributed by atoms with Crippen LogP contribution < -0.4 is 0 Å². The SMILES string of the molecule is C=N[C@@H](CCCCC1=CC1C(=C=CO)C=N)C(=O)O. The van der Waals surface area contributed by atoms with Crippen LogP contribution in [0.5, 0.6) is 0 Å². The zero-order valence-corrected chi connectivity index (χ0v) is 10.7. The van der Waals surface area contributed by atoms with Crippen molar-refractivity contribution in [1.29, 1.82) is 5.41 Å². The number of rotatable bonds is 9. The molecule has 0 saturated carbocycles. The molecule has 3 N–H and O–H groups in total. The van der Waals surface area contributed by atoms with Crippen molar-refractivity contribution in [1.82, 2.24) is 0 Å². The zero-order chi connectivity index (χ0) is 14.3. The van der Waals surface area contributed by atoms with Crippen molar-refractivity contribution in [2.24, 2.45) is 10.9 Å². The second-order valence-corrected chi connectivity index (χ2v) is 4.37. The molecule has 2 atom stereocenters. The molecule has 0 aromatic carbocycles. The molecule has 0 fully saturated rings. The molecule has 0 aromatic rings. The molecule has 0 aliphatic heterocycles. The smallest absolute Gasteiger partial charge is 0.328 e. The standard InChI is InChI=1S/C14H18N2O3/c1-16-13(14(18)19)5-3-2-4-10-8-12(10)11(9-15)6-7-17/h7-9,12-13,15,17H,1-5H2,(H,18,19)/t6?,12?,13-/m0/s1. The molecule has 1 unspecified atom stereocenters. The second kappa shape index (κ2) is 7.34. The highest BCUT2D eigenvalue weighted by molar-refractivity contribution is 5.80. The predicted octanol–water partition coefficient (Wildman–Crippen LogP) is 2.50. The highest BCUT2D eigenvalue weighted by Gasteiger charge is 2.26. The third-order valence-electron chi connectivity index (χ3n) is 3.09. The molecule has 1 aliphatic rings. The number of nitrogens with zero attached hydrogens (tertiary/aromatic N) is 1. The number of carbonyl (C=O) groups is 1. The number of aliphatic hydroxyl groups excluding tert-OH is 1. The quantitative estimate of drug-likeness (QED) is 0.196. The van der Waals surface area contributed by atoms with E-state index in [1.807, 2.05) is 6.08 Å². The first kappa shape index (κ1) is 14.9. The van der Waals surface area contributed by atoms with Crippen LogP contribution >= 0.6 is 0 Å². The summed E-state index contributed by atoms with van der Waals surface area (Å²) in [6.45, 7) is 3.27. The van der Waals surface area contributed by atoms with Gasteiger partial charge in [0.25, 0.3) is 0 Å². The third-order valence-corrected chi connectivity index (χ3v) is 3.09. The number of allylic oxidation sites excluding steroid dienone is 3. The van der Waals surface area contributed by atoms with Crippen LogP contribution in [0.3, 0.4) is 0 Å². The maximum absolute atomic E-state index is 10.7. The van der Waals surface area contributed by atoms with Gasteiger partial charge in [-0.1, -0.05) is 23.8 Å². The fraction of sp³-hybridized carbons (Fsp3) is 0.429. The Balaban J connectivity index is 2.25. The summed E-state index contributed by atoms with van der Waals surface area (Å²) in [5.41, 5.74) is 4.47. The van der Waals surface area contributed by atoms with Gasteiger partial charge in [0.05, 0.1) is 0 Å². The summed E-state index contributed by atoms with van der Waals surface area (Å²) in [6, 6.07) is -0.710. The van der Waals surface area contributed by atoms with Gasteiger partial charge in [0.2, 0.25) is 0 Å². The van der Waals surface area contributed by atoms with Gasteiger partial charge >= 0.3 is 5.97 Å². The topological polar surface area (TPSA) is 93.7 Å². The lowest BCUT2D eigenvalue weighted by Gasteiger charge is -2.05. The number of hydrogen-bond acceptors (Lipinski definition) is 4. The highest BCUT2D eigenvalue weighted by atomic mass is 16.4. The second-order valence-electron chi connectivity index (χ2n) is 4.37. The lowest BCUT2D eigenvalue weighted by Crippen LogP contribution is -2.16. The van der Waals surface area contributed by atoms with Crippen molar-refractivity contribution in [2.45, 2.75) is 31.7 Å². The number of carboxylic acids is 1. The van der Waals surface area contributed by atoms with Crippen molar-refractivity contribution in [3.8, 4) is 0 Å². The molecule has 0 amide bonds. The van der Waals surface area contributed by atoms with Crippen molar-refractivity contribution >= 4 is 18.9 Å². The number of nitrogens with one attached hydrogen (secondary N) is 1. The van der Waals surface area contributed by atoms with E-state index in [4.69, 9.17) is 15.6 Å². The van der Waals surface area contributed by atoms with E-state index in [-0.39, 0.29) is 5.92 Å². The van der Waals surface area contributed by atoms with E-state index in [1.165, 1.54) is 11.8 Å². The van der Waals surface area contributed by atoms with Gasteiger partial charge in [-0.2, -0.15) is 0 Å². The molecule has 102 valence electrons. The van der Waals surface area contributed by atoms with Gasteiger partial charge in [-0.3, -0.25) is 4.99 Å². The van der Waals surface area contributed by atoms with Crippen LogP contribution in [0.25, 0.3) is 0 Å². The summed E-state index contributed by atoms with van der Waals surface area (Å²) < 4.78 is 0. The average Bonchev–Trinajstić information content (AvgIpc) is 3.15. The van der Waals surface area contributed by atoms with Crippen molar-refractivity contribution < 1.29 is 15.0 Å². The summed E-state index contributed by atoms with van der Waals surface area (Å²) in [5.74, 6) is -0.811. The molecule has 0 saturated heterocycles. The van der Waals surface area contributed by atoms with E-state index in [0.29, 0.717) is 12.0 Å². The fourth-order valence-corrected chi connectivity index (χ4v) is 1.95. The van der Waals surface area contributed by atoms with Crippen LogP contribution in [0.2, 0.25) is 0 Å². The number of carboxylic acid groups (broad SMARTS) is 1. The van der Waals surface area contributed by atoms with E-state index in [9.17, 15) is 4.79 Å². The molecule has 1 aliphatic carbocycles. The van der Waals surface area contributed by atoms with E-state index < -0.39 is 12.0 Å². The van der Waals surface area contributed by atoms with Crippen LogP contribution in [0.1, 0.15) is 25.7 Å². The number of aliphatic hydroxyl groups is 1. The molecule has 0 aromatic heterocycles. The molecular weight excluding hydrogens is 244 g/mol. The van der Waals surface area contributed by atoms with Gasteiger partial charge in [-0.25, -0.2) is 4.79 Å². The maximum Gasteiger partial charge on any atom is 0.328 e. The van der Waals surface area contributed by atoms with E-state index >= 15 is 0 Å². The van der Waals surface area contributed by atoms with Crippen LogP contribution in [-0.2, 0) is 4.79 Å². The largest absolute Gasteiger partial charge is 0.507 e. The Hall–Kier alpha value is -2.13. The number of aliphatic imine (C=N–C) groups is 1. The molecular formula is C14H18N2O3. The first-order valence-corrected chi connectivity index (χ1v) is 6.13.